The number of hydrogen-bond donors (Lipinski definition) is 0. The van der Waals surface area contributed by atoms with Crippen LogP contribution in [0.4, 0.5) is 19.0 Å². The number of benzene rings is 1. The number of fused-ring (bicyclic) bond motifs is 1. The molecule has 0 atom stereocenters. The van der Waals surface area contributed by atoms with Gasteiger partial charge < -0.3 is 9.64 Å². The number of ether oxygens (including phenoxy) is 1. The highest BCUT2D eigenvalue weighted by molar-refractivity contribution is 5.99. The highest BCUT2D eigenvalue weighted by atomic mass is 19.3. The Hall–Kier alpha value is -2.31. The van der Waals surface area contributed by atoms with E-state index in [1.54, 1.807) is 4.90 Å². The Labute approximate surface area is 137 Å². The van der Waals surface area contributed by atoms with Crippen molar-refractivity contribution in [3.63, 3.8) is 0 Å². The fraction of sp³-hybridized carbons (Fsp3) is 0.412. The summed E-state index contributed by atoms with van der Waals surface area (Å²) in [6.07, 6.45) is -0.177. The van der Waals surface area contributed by atoms with Crippen LogP contribution >= 0.6 is 0 Å². The predicted octanol–water partition coefficient (Wildman–Crippen LogP) is 3.79. The van der Waals surface area contributed by atoms with Gasteiger partial charge in [0, 0.05) is 31.3 Å². The Morgan fingerprint density at radius 3 is 2.79 bits per heavy atom. The molecule has 4 nitrogen and oxygen atoms in total. The highest BCUT2D eigenvalue weighted by Crippen LogP contribution is 2.32. The molecule has 7 heteroatoms. The van der Waals surface area contributed by atoms with Crippen LogP contribution < -0.4 is 4.90 Å². The Balaban J connectivity index is 2.07. The molecule has 0 spiro atoms. The highest BCUT2D eigenvalue weighted by Gasteiger charge is 2.33. The lowest BCUT2D eigenvalue weighted by Gasteiger charge is -2.24. The average Bonchev–Trinajstić information content (AvgIpc) is 2.73. The summed E-state index contributed by atoms with van der Waals surface area (Å²) < 4.78 is 45.4. The summed E-state index contributed by atoms with van der Waals surface area (Å²) in [5, 5.41) is 0.458. The van der Waals surface area contributed by atoms with E-state index in [1.165, 1.54) is 31.4 Å². The molecule has 0 N–H and O–H groups in total. The first kappa shape index (κ1) is 16.5. The van der Waals surface area contributed by atoms with Crippen molar-refractivity contribution >= 4 is 22.7 Å². The maximum atomic E-state index is 13.6. The minimum atomic E-state index is -2.71. The SMILES string of the molecule is COC(=O)c1cc2cc(F)ccc2nc1N1CCCC(F)(F)CC1. The lowest BCUT2D eigenvalue weighted by Crippen LogP contribution is -2.28. The molecule has 128 valence electrons. The fourth-order valence-corrected chi connectivity index (χ4v) is 2.91. The van der Waals surface area contributed by atoms with E-state index in [2.05, 4.69) is 4.98 Å². The molecule has 1 saturated heterocycles. The summed E-state index contributed by atoms with van der Waals surface area (Å²) >= 11 is 0. The number of hydrogen-bond acceptors (Lipinski definition) is 4. The third kappa shape index (κ3) is 3.29. The number of halogens is 3. The number of alkyl halides is 2. The van der Waals surface area contributed by atoms with Crippen molar-refractivity contribution < 1.29 is 22.7 Å². The summed E-state index contributed by atoms with van der Waals surface area (Å²) in [7, 11) is 1.23. The van der Waals surface area contributed by atoms with E-state index in [4.69, 9.17) is 4.74 Å². The summed E-state index contributed by atoms with van der Waals surface area (Å²) in [4.78, 5) is 18.2. The Kier molecular flexibility index (Phi) is 4.34. The lowest BCUT2D eigenvalue weighted by molar-refractivity contribution is -0.0102. The van der Waals surface area contributed by atoms with Gasteiger partial charge in [0.1, 0.15) is 17.2 Å². The van der Waals surface area contributed by atoms with Gasteiger partial charge in [0.05, 0.1) is 12.6 Å². The molecule has 1 fully saturated rings. The van der Waals surface area contributed by atoms with Crippen molar-refractivity contribution in [2.24, 2.45) is 0 Å². The molecule has 1 aliphatic rings. The molecule has 0 bridgehead atoms. The van der Waals surface area contributed by atoms with E-state index in [9.17, 15) is 18.0 Å². The van der Waals surface area contributed by atoms with E-state index in [-0.39, 0.29) is 24.9 Å². The normalized spacial score (nSPS) is 17.6. The molecular weight excluding hydrogens is 321 g/mol. The number of nitrogens with zero attached hydrogens (tertiary/aromatic N) is 2. The second-order valence-corrected chi connectivity index (χ2v) is 5.88. The summed E-state index contributed by atoms with van der Waals surface area (Å²) in [5.74, 6) is -3.47. The molecule has 2 aromatic rings. The summed E-state index contributed by atoms with van der Waals surface area (Å²) in [6.45, 7) is 0.468. The third-order valence-corrected chi connectivity index (χ3v) is 4.18. The largest absolute Gasteiger partial charge is 0.465 e. The number of anilines is 1. The van der Waals surface area contributed by atoms with Crippen LogP contribution in [-0.2, 0) is 4.74 Å². The lowest BCUT2D eigenvalue weighted by atomic mass is 10.1. The van der Waals surface area contributed by atoms with E-state index in [0.717, 1.165) is 0 Å². The number of carbonyl (C=O) groups is 1. The maximum Gasteiger partial charge on any atom is 0.341 e. The van der Waals surface area contributed by atoms with Crippen molar-refractivity contribution in [3.05, 3.63) is 35.6 Å². The van der Waals surface area contributed by atoms with Crippen molar-refractivity contribution in [1.82, 2.24) is 4.98 Å². The van der Waals surface area contributed by atoms with Crippen LogP contribution in [0, 0.1) is 5.82 Å². The van der Waals surface area contributed by atoms with Gasteiger partial charge in [-0.1, -0.05) is 0 Å². The number of carbonyl (C=O) groups excluding carboxylic acids is 1. The predicted molar refractivity (Wildman–Crippen MR) is 84.1 cm³/mol. The number of rotatable bonds is 2. The molecule has 1 aromatic carbocycles. The molecule has 0 saturated carbocycles. The number of methoxy groups -OCH3 is 1. The van der Waals surface area contributed by atoms with Gasteiger partial charge in [-0.25, -0.2) is 22.9 Å². The first-order valence-corrected chi connectivity index (χ1v) is 7.71. The second kappa shape index (κ2) is 6.30. The van der Waals surface area contributed by atoms with Crippen molar-refractivity contribution in [2.75, 3.05) is 25.1 Å². The molecule has 1 aliphatic heterocycles. The van der Waals surface area contributed by atoms with Crippen LogP contribution in [0.2, 0.25) is 0 Å². The van der Waals surface area contributed by atoms with Crippen LogP contribution in [0.25, 0.3) is 10.9 Å². The van der Waals surface area contributed by atoms with Gasteiger partial charge in [-0.05, 0) is 30.7 Å². The standard InChI is InChI=1S/C17H17F3N2O2/c1-24-16(23)13-10-11-9-12(18)3-4-14(11)21-15(13)22-7-2-5-17(19,20)6-8-22/h3-4,9-10H,2,5-8H2,1H3. The monoisotopic (exact) mass is 338 g/mol. The van der Waals surface area contributed by atoms with E-state index in [0.29, 0.717) is 29.7 Å². The number of pyridine rings is 1. The van der Waals surface area contributed by atoms with Gasteiger partial charge in [0.15, 0.2) is 0 Å². The van der Waals surface area contributed by atoms with Crippen molar-refractivity contribution in [1.29, 1.82) is 0 Å². The molecule has 0 aliphatic carbocycles. The first-order valence-electron chi connectivity index (χ1n) is 7.71. The van der Waals surface area contributed by atoms with Gasteiger partial charge >= 0.3 is 5.97 Å². The number of esters is 1. The van der Waals surface area contributed by atoms with E-state index in [1.807, 2.05) is 0 Å². The molecule has 0 amide bonds. The topological polar surface area (TPSA) is 42.4 Å². The van der Waals surface area contributed by atoms with Crippen LogP contribution in [0.1, 0.15) is 29.6 Å². The van der Waals surface area contributed by atoms with Crippen LogP contribution in [0.15, 0.2) is 24.3 Å². The smallest absolute Gasteiger partial charge is 0.341 e. The molecule has 1 aromatic heterocycles. The minimum absolute atomic E-state index is 0.0939. The van der Waals surface area contributed by atoms with Gasteiger partial charge in [0.2, 0.25) is 5.92 Å². The van der Waals surface area contributed by atoms with Crippen LogP contribution in [0.3, 0.4) is 0 Å². The fourth-order valence-electron chi connectivity index (χ4n) is 2.91. The Morgan fingerprint density at radius 2 is 2.04 bits per heavy atom. The number of aromatic nitrogens is 1. The first-order chi connectivity index (χ1) is 11.4. The maximum absolute atomic E-state index is 13.6. The molecule has 2 heterocycles. The third-order valence-electron chi connectivity index (χ3n) is 4.18. The van der Waals surface area contributed by atoms with Gasteiger partial charge in [-0.3, -0.25) is 0 Å². The average molecular weight is 338 g/mol. The summed E-state index contributed by atoms with van der Waals surface area (Å²) in [6, 6.07) is 5.54. The molecule has 0 unspecified atom stereocenters. The zero-order chi connectivity index (χ0) is 17.3. The molecule has 3 rings (SSSR count). The quantitative estimate of drug-likeness (QED) is 0.782. The van der Waals surface area contributed by atoms with Gasteiger partial charge in [0.25, 0.3) is 0 Å². The van der Waals surface area contributed by atoms with Crippen molar-refractivity contribution in [2.45, 2.75) is 25.2 Å². The van der Waals surface area contributed by atoms with Gasteiger partial charge in [-0.15, -0.1) is 0 Å². The molecular formula is C17H17F3N2O2. The van der Waals surface area contributed by atoms with Crippen LogP contribution in [-0.4, -0.2) is 37.1 Å². The minimum Gasteiger partial charge on any atom is -0.465 e. The van der Waals surface area contributed by atoms with Gasteiger partial charge in [-0.2, -0.15) is 0 Å². The van der Waals surface area contributed by atoms with E-state index >= 15 is 0 Å². The molecule has 24 heavy (non-hydrogen) atoms. The molecule has 0 radical (unpaired) electrons. The van der Waals surface area contributed by atoms with Crippen molar-refractivity contribution in [3.8, 4) is 0 Å². The van der Waals surface area contributed by atoms with Crippen LogP contribution in [0.5, 0.6) is 0 Å². The zero-order valence-corrected chi connectivity index (χ0v) is 13.2. The van der Waals surface area contributed by atoms with E-state index < -0.39 is 17.7 Å². The second-order valence-electron chi connectivity index (χ2n) is 5.88. The Bertz CT molecular complexity index is 780. The Morgan fingerprint density at radius 1 is 1.25 bits per heavy atom. The summed E-state index contributed by atoms with van der Waals surface area (Å²) in [5.41, 5.74) is 0.649. The zero-order valence-electron chi connectivity index (χ0n) is 13.2.